The Labute approximate surface area is 110 Å². The van der Waals surface area contributed by atoms with E-state index >= 15 is 0 Å². The first kappa shape index (κ1) is 15.0. The second-order valence-electron chi connectivity index (χ2n) is 5.78. The van der Waals surface area contributed by atoms with Gasteiger partial charge in [0.25, 0.3) is 0 Å². The van der Waals surface area contributed by atoms with Gasteiger partial charge in [-0.2, -0.15) is 5.26 Å². The maximum atomic E-state index is 11.3. The van der Waals surface area contributed by atoms with Crippen LogP contribution < -0.4 is 0 Å². The molecule has 1 fully saturated rings. The summed E-state index contributed by atoms with van der Waals surface area (Å²) >= 11 is 0. The second-order valence-corrected chi connectivity index (χ2v) is 5.78. The lowest BCUT2D eigenvalue weighted by Gasteiger charge is -2.39. The third-order valence-corrected chi connectivity index (χ3v) is 4.09. The molecule has 4 heteroatoms. The first-order chi connectivity index (χ1) is 8.48. The number of likely N-dealkylation sites (tertiary alicyclic amines) is 1. The molecule has 0 aromatic heterocycles. The molecule has 0 spiro atoms. The summed E-state index contributed by atoms with van der Waals surface area (Å²) in [4.78, 5) is 13.6. The molecule has 0 amide bonds. The van der Waals surface area contributed by atoms with Gasteiger partial charge < -0.3 is 10.0 Å². The Balaban J connectivity index is 2.41. The van der Waals surface area contributed by atoms with Crippen molar-refractivity contribution >= 4 is 5.97 Å². The molecule has 0 bridgehead atoms. The van der Waals surface area contributed by atoms with Gasteiger partial charge in [-0.25, -0.2) is 0 Å². The predicted molar refractivity (Wildman–Crippen MR) is 70.0 cm³/mol. The SMILES string of the molecule is CC(C)(C(=O)O)C1CCCN(CCCCC#N)C1. The Kier molecular flexibility index (Phi) is 5.61. The van der Waals surface area contributed by atoms with Crippen LogP contribution in [0.3, 0.4) is 0 Å². The summed E-state index contributed by atoms with van der Waals surface area (Å²) in [5.41, 5.74) is -0.634. The van der Waals surface area contributed by atoms with Crippen molar-refractivity contribution < 1.29 is 9.90 Å². The first-order valence-electron chi connectivity index (χ1n) is 6.81. The molecule has 0 aliphatic carbocycles. The number of nitrogens with zero attached hydrogens (tertiary/aromatic N) is 2. The normalized spacial score (nSPS) is 21.5. The molecule has 4 nitrogen and oxygen atoms in total. The lowest BCUT2D eigenvalue weighted by Crippen LogP contribution is -2.44. The van der Waals surface area contributed by atoms with Gasteiger partial charge in [-0.1, -0.05) is 0 Å². The van der Waals surface area contributed by atoms with Crippen molar-refractivity contribution in [2.24, 2.45) is 11.3 Å². The lowest BCUT2D eigenvalue weighted by molar-refractivity contribution is -0.151. The zero-order valence-electron chi connectivity index (χ0n) is 11.5. The second kappa shape index (κ2) is 6.75. The molecule has 1 saturated heterocycles. The van der Waals surface area contributed by atoms with Crippen molar-refractivity contribution in [3.05, 3.63) is 0 Å². The van der Waals surface area contributed by atoms with E-state index in [0.29, 0.717) is 6.42 Å². The lowest BCUT2D eigenvalue weighted by atomic mass is 9.74. The van der Waals surface area contributed by atoms with Crippen LogP contribution >= 0.6 is 0 Å². The maximum Gasteiger partial charge on any atom is 0.309 e. The van der Waals surface area contributed by atoms with Gasteiger partial charge in [0.15, 0.2) is 0 Å². The molecule has 1 aliphatic rings. The largest absolute Gasteiger partial charge is 0.481 e. The minimum absolute atomic E-state index is 0.236. The van der Waals surface area contributed by atoms with E-state index in [2.05, 4.69) is 11.0 Å². The third-order valence-electron chi connectivity index (χ3n) is 4.09. The quantitative estimate of drug-likeness (QED) is 0.738. The number of carboxylic acid groups (broad SMARTS) is 1. The van der Waals surface area contributed by atoms with Crippen molar-refractivity contribution in [1.82, 2.24) is 4.90 Å². The number of carboxylic acids is 1. The molecule has 18 heavy (non-hydrogen) atoms. The smallest absolute Gasteiger partial charge is 0.309 e. The van der Waals surface area contributed by atoms with E-state index in [4.69, 9.17) is 5.26 Å². The van der Waals surface area contributed by atoms with Gasteiger partial charge >= 0.3 is 5.97 Å². The van der Waals surface area contributed by atoms with Crippen LogP contribution in [-0.2, 0) is 4.79 Å². The molecular weight excluding hydrogens is 228 g/mol. The maximum absolute atomic E-state index is 11.3. The fourth-order valence-corrected chi connectivity index (χ4v) is 2.56. The summed E-state index contributed by atoms with van der Waals surface area (Å²) in [5, 5.41) is 17.8. The number of unbranched alkanes of at least 4 members (excludes halogenated alkanes) is 2. The average molecular weight is 252 g/mol. The Bertz CT molecular complexity index is 320. The van der Waals surface area contributed by atoms with E-state index < -0.39 is 11.4 Å². The van der Waals surface area contributed by atoms with Gasteiger partial charge in [-0.3, -0.25) is 4.79 Å². The number of piperidine rings is 1. The summed E-state index contributed by atoms with van der Waals surface area (Å²) in [7, 11) is 0. The Morgan fingerprint density at radius 3 is 2.83 bits per heavy atom. The van der Waals surface area contributed by atoms with Crippen LogP contribution in [-0.4, -0.2) is 35.6 Å². The highest BCUT2D eigenvalue weighted by Crippen LogP contribution is 2.34. The zero-order chi connectivity index (χ0) is 13.6. The monoisotopic (exact) mass is 252 g/mol. The van der Waals surface area contributed by atoms with Crippen LogP contribution in [0.5, 0.6) is 0 Å². The molecule has 102 valence electrons. The topological polar surface area (TPSA) is 64.3 Å². The molecule has 1 aliphatic heterocycles. The number of nitriles is 1. The van der Waals surface area contributed by atoms with Gasteiger partial charge in [-0.15, -0.1) is 0 Å². The van der Waals surface area contributed by atoms with E-state index in [1.807, 2.05) is 13.8 Å². The highest BCUT2D eigenvalue weighted by molar-refractivity contribution is 5.74. The van der Waals surface area contributed by atoms with Crippen LogP contribution in [0.25, 0.3) is 0 Å². The summed E-state index contributed by atoms with van der Waals surface area (Å²) < 4.78 is 0. The van der Waals surface area contributed by atoms with Crippen molar-refractivity contribution in [3.63, 3.8) is 0 Å². The standard InChI is InChI=1S/C14H24N2O2/c1-14(2,13(17)18)12-7-6-10-16(11-12)9-5-3-4-8-15/h12H,3-7,9-11H2,1-2H3,(H,17,18). The molecule has 1 N–H and O–H groups in total. The zero-order valence-corrected chi connectivity index (χ0v) is 11.5. The van der Waals surface area contributed by atoms with E-state index in [0.717, 1.165) is 45.3 Å². The van der Waals surface area contributed by atoms with E-state index in [1.54, 1.807) is 0 Å². The fourth-order valence-electron chi connectivity index (χ4n) is 2.56. The molecule has 1 atom stereocenters. The van der Waals surface area contributed by atoms with Gasteiger partial charge in [-0.05, 0) is 58.5 Å². The number of aliphatic carboxylic acids is 1. The minimum atomic E-state index is -0.696. The molecule has 0 aromatic carbocycles. The number of hydrogen-bond donors (Lipinski definition) is 1. The number of carbonyl (C=O) groups is 1. The summed E-state index contributed by atoms with van der Waals surface area (Å²) in [6, 6.07) is 2.16. The molecule has 0 saturated carbocycles. The van der Waals surface area contributed by atoms with Crippen LogP contribution in [0.15, 0.2) is 0 Å². The highest BCUT2D eigenvalue weighted by atomic mass is 16.4. The summed E-state index contributed by atoms with van der Waals surface area (Å²) in [6.07, 6.45) is 4.69. The van der Waals surface area contributed by atoms with Crippen molar-refractivity contribution in [2.45, 2.75) is 46.0 Å². The van der Waals surface area contributed by atoms with Crippen LogP contribution in [0.2, 0.25) is 0 Å². The van der Waals surface area contributed by atoms with Crippen LogP contribution in [0.4, 0.5) is 0 Å². The van der Waals surface area contributed by atoms with Gasteiger partial charge in [0.2, 0.25) is 0 Å². The van der Waals surface area contributed by atoms with E-state index in [9.17, 15) is 9.90 Å². The highest BCUT2D eigenvalue weighted by Gasteiger charge is 2.38. The summed E-state index contributed by atoms with van der Waals surface area (Å²) in [6.45, 7) is 6.61. The van der Waals surface area contributed by atoms with E-state index in [-0.39, 0.29) is 5.92 Å². The predicted octanol–water partition coefficient (Wildman–Crippen LogP) is 2.50. The molecule has 1 heterocycles. The Morgan fingerprint density at radius 2 is 2.22 bits per heavy atom. The van der Waals surface area contributed by atoms with Gasteiger partial charge in [0.1, 0.15) is 0 Å². The van der Waals surface area contributed by atoms with Crippen LogP contribution in [0, 0.1) is 22.7 Å². The molecular formula is C14H24N2O2. The Morgan fingerprint density at radius 1 is 1.50 bits per heavy atom. The van der Waals surface area contributed by atoms with Gasteiger partial charge in [0, 0.05) is 13.0 Å². The van der Waals surface area contributed by atoms with Crippen molar-refractivity contribution in [3.8, 4) is 6.07 Å². The molecule has 1 rings (SSSR count). The molecule has 0 aromatic rings. The summed E-state index contributed by atoms with van der Waals surface area (Å²) in [5.74, 6) is -0.460. The van der Waals surface area contributed by atoms with E-state index in [1.165, 1.54) is 0 Å². The molecule has 1 unspecified atom stereocenters. The van der Waals surface area contributed by atoms with Crippen LogP contribution in [0.1, 0.15) is 46.0 Å². The first-order valence-corrected chi connectivity index (χ1v) is 6.81. The number of rotatable bonds is 6. The minimum Gasteiger partial charge on any atom is -0.481 e. The number of hydrogen-bond acceptors (Lipinski definition) is 3. The molecule has 0 radical (unpaired) electrons. The third kappa shape index (κ3) is 3.99. The fraction of sp³-hybridized carbons (Fsp3) is 0.857. The van der Waals surface area contributed by atoms with Crippen molar-refractivity contribution in [1.29, 1.82) is 5.26 Å². The van der Waals surface area contributed by atoms with Gasteiger partial charge in [0.05, 0.1) is 11.5 Å². The van der Waals surface area contributed by atoms with Crippen molar-refractivity contribution in [2.75, 3.05) is 19.6 Å². The Hall–Kier alpha value is -1.08. The average Bonchev–Trinajstić information content (AvgIpc) is 2.35.